The molecule has 0 bridgehead atoms. The largest absolute Gasteiger partial charge is 0.508 e. The molecular formula is C17H13NO7. The minimum Gasteiger partial charge on any atom is -0.508 e. The average Bonchev–Trinajstić information content (AvgIpc) is 2.86. The van der Waals surface area contributed by atoms with Gasteiger partial charge in [0.2, 0.25) is 0 Å². The van der Waals surface area contributed by atoms with Crippen molar-refractivity contribution in [1.29, 1.82) is 0 Å². The lowest BCUT2D eigenvalue weighted by Gasteiger charge is -2.16. The quantitative estimate of drug-likeness (QED) is 0.724. The predicted molar refractivity (Wildman–Crippen MR) is 83.4 cm³/mol. The summed E-state index contributed by atoms with van der Waals surface area (Å²) in [6.45, 7) is 0. The lowest BCUT2D eigenvalue weighted by molar-refractivity contribution is -0.172. The Hall–Kier alpha value is -3.55. The molecule has 128 valence electrons. The van der Waals surface area contributed by atoms with Gasteiger partial charge < -0.3 is 20.2 Å². The van der Waals surface area contributed by atoms with Gasteiger partial charge in [-0.15, -0.1) is 5.06 Å². The molecule has 0 spiro atoms. The fourth-order valence-electron chi connectivity index (χ4n) is 2.51. The summed E-state index contributed by atoms with van der Waals surface area (Å²) >= 11 is 0. The van der Waals surface area contributed by atoms with Crippen molar-refractivity contribution in [3.8, 4) is 28.4 Å². The molecule has 1 aliphatic rings. The molecule has 0 radical (unpaired) electrons. The van der Waals surface area contributed by atoms with Crippen molar-refractivity contribution in [2.24, 2.45) is 0 Å². The number of rotatable bonds is 3. The number of hydrogen-bond acceptors (Lipinski definition) is 7. The summed E-state index contributed by atoms with van der Waals surface area (Å²) in [7, 11) is 0. The molecule has 3 rings (SSSR count). The molecule has 0 unspecified atom stereocenters. The van der Waals surface area contributed by atoms with Crippen molar-refractivity contribution >= 4 is 17.8 Å². The average molecular weight is 343 g/mol. The van der Waals surface area contributed by atoms with Gasteiger partial charge in [0, 0.05) is 24.5 Å². The number of hydrogen-bond donors (Lipinski definition) is 3. The summed E-state index contributed by atoms with van der Waals surface area (Å²) in [4.78, 5) is 40.4. The summed E-state index contributed by atoms with van der Waals surface area (Å²) in [5.74, 6) is -3.46. The Morgan fingerprint density at radius 3 is 2.28 bits per heavy atom. The van der Waals surface area contributed by atoms with Crippen LogP contribution >= 0.6 is 0 Å². The zero-order valence-corrected chi connectivity index (χ0v) is 12.8. The molecule has 0 aliphatic carbocycles. The molecule has 1 saturated heterocycles. The summed E-state index contributed by atoms with van der Waals surface area (Å²) < 4.78 is 0. The zero-order valence-electron chi connectivity index (χ0n) is 12.8. The van der Waals surface area contributed by atoms with Gasteiger partial charge in [-0.3, -0.25) is 9.59 Å². The maximum Gasteiger partial charge on any atom is 0.368 e. The van der Waals surface area contributed by atoms with E-state index < -0.39 is 23.5 Å². The van der Waals surface area contributed by atoms with Crippen LogP contribution in [0.15, 0.2) is 36.4 Å². The SMILES string of the molecule is O=C(ON1C(=O)CCC1=O)c1c(O)cc(O)cc1-c1cccc(O)c1. The monoisotopic (exact) mass is 343 g/mol. The Morgan fingerprint density at radius 1 is 0.960 bits per heavy atom. The van der Waals surface area contributed by atoms with Gasteiger partial charge in [-0.25, -0.2) is 4.79 Å². The number of phenols is 3. The van der Waals surface area contributed by atoms with Crippen molar-refractivity contribution in [3.05, 3.63) is 42.0 Å². The molecule has 1 heterocycles. The third kappa shape index (κ3) is 3.09. The summed E-state index contributed by atoms with van der Waals surface area (Å²) in [6, 6.07) is 7.89. The van der Waals surface area contributed by atoms with Gasteiger partial charge in [-0.1, -0.05) is 12.1 Å². The molecule has 1 aliphatic heterocycles. The van der Waals surface area contributed by atoms with E-state index in [-0.39, 0.29) is 35.5 Å². The number of aromatic hydroxyl groups is 3. The van der Waals surface area contributed by atoms with Crippen molar-refractivity contribution < 1.29 is 34.5 Å². The first-order chi connectivity index (χ1) is 11.9. The van der Waals surface area contributed by atoms with Crippen LogP contribution in [0.5, 0.6) is 17.2 Å². The number of phenolic OH excluding ortho intramolecular Hbond substituents is 3. The highest BCUT2D eigenvalue weighted by Gasteiger charge is 2.34. The predicted octanol–water partition coefficient (Wildman–Crippen LogP) is 1.69. The first kappa shape index (κ1) is 16.3. The topological polar surface area (TPSA) is 124 Å². The molecule has 8 heteroatoms. The first-order valence-electron chi connectivity index (χ1n) is 7.30. The van der Waals surface area contributed by atoms with Gasteiger partial charge in [-0.05, 0) is 23.8 Å². The molecule has 3 N–H and O–H groups in total. The number of carbonyl (C=O) groups excluding carboxylic acids is 3. The van der Waals surface area contributed by atoms with E-state index in [1.165, 1.54) is 30.3 Å². The summed E-state index contributed by atoms with van der Waals surface area (Å²) in [6.07, 6.45) is -0.125. The van der Waals surface area contributed by atoms with Crippen LogP contribution in [-0.4, -0.2) is 38.2 Å². The Labute approximate surface area is 141 Å². The fraction of sp³-hybridized carbons (Fsp3) is 0.118. The van der Waals surface area contributed by atoms with Gasteiger partial charge in [0.1, 0.15) is 22.8 Å². The van der Waals surface area contributed by atoms with Crippen molar-refractivity contribution in [3.63, 3.8) is 0 Å². The Morgan fingerprint density at radius 2 is 1.64 bits per heavy atom. The van der Waals surface area contributed by atoms with Crippen molar-refractivity contribution in [2.75, 3.05) is 0 Å². The van der Waals surface area contributed by atoms with Crippen molar-refractivity contribution in [2.45, 2.75) is 12.8 Å². The second-order valence-electron chi connectivity index (χ2n) is 5.40. The molecule has 0 atom stereocenters. The standard InChI is InChI=1S/C17H13NO7/c19-10-3-1-2-9(6-10)12-7-11(20)8-13(21)16(12)17(24)25-18-14(22)4-5-15(18)23/h1-3,6-8,19-21H,4-5H2. The molecule has 0 aromatic heterocycles. The van der Waals surface area contributed by atoms with E-state index in [4.69, 9.17) is 4.84 Å². The van der Waals surface area contributed by atoms with Crippen LogP contribution in [0, 0.1) is 0 Å². The molecule has 8 nitrogen and oxygen atoms in total. The number of amides is 2. The second kappa shape index (κ2) is 6.16. The normalized spacial score (nSPS) is 14.0. The maximum absolute atomic E-state index is 12.4. The number of carbonyl (C=O) groups is 3. The van der Waals surface area contributed by atoms with Gasteiger partial charge in [0.25, 0.3) is 11.8 Å². The Kier molecular flexibility index (Phi) is 4.02. The number of imide groups is 1. The van der Waals surface area contributed by atoms with Crippen LogP contribution in [0.2, 0.25) is 0 Å². The minimum absolute atomic E-state index is 0.0624. The smallest absolute Gasteiger partial charge is 0.368 e. The molecule has 25 heavy (non-hydrogen) atoms. The molecule has 2 amide bonds. The summed E-state index contributed by atoms with van der Waals surface area (Å²) in [5.41, 5.74) is 0.0330. The van der Waals surface area contributed by atoms with Crippen LogP contribution in [0.25, 0.3) is 11.1 Å². The highest BCUT2D eigenvalue weighted by molar-refractivity contribution is 6.05. The number of benzene rings is 2. The van der Waals surface area contributed by atoms with E-state index in [1.807, 2.05) is 0 Å². The molecule has 0 saturated carbocycles. The van der Waals surface area contributed by atoms with Gasteiger partial charge in [0.15, 0.2) is 0 Å². The van der Waals surface area contributed by atoms with Gasteiger partial charge in [0.05, 0.1) is 0 Å². The Balaban J connectivity index is 2.04. The second-order valence-corrected chi connectivity index (χ2v) is 5.40. The van der Waals surface area contributed by atoms with E-state index in [0.717, 1.165) is 6.07 Å². The molecule has 2 aromatic carbocycles. The first-order valence-corrected chi connectivity index (χ1v) is 7.30. The third-order valence-corrected chi connectivity index (χ3v) is 3.64. The molecular weight excluding hydrogens is 330 g/mol. The highest BCUT2D eigenvalue weighted by Crippen LogP contribution is 2.36. The van der Waals surface area contributed by atoms with E-state index in [9.17, 15) is 29.7 Å². The lowest BCUT2D eigenvalue weighted by atomic mass is 9.98. The fourth-order valence-corrected chi connectivity index (χ4v) is 2.51. The van der Waals surface area contributed by atoms with Crippen LogP contribution in [0.3, 0.4) is 0 Å². The van der Waals surface area contributed by atoms with Crippen LogP contribution in [0.1, 0.15) is 23.2 Å². The zero-order chi connectivity index (χ0) is 18.1. The van der Waals surface area contributed by atoms with Crippen LogP contribution in [0.4, 0.5) is 0 Å². The minimum atomic E-state index is -1.14. The van der Waals surface area contributed by atoms with Crippen molar-refractivity contribution in [1.82, 2.24) is 5.06 Å². The van der Waals surface area contributed by atoms with E-state index in [0.29, 0.717) is 10.6 Å². The Bertz CT molecular complexity index is 875. The van der Waals surface area contributed by atoms with Crippen LogP contribution in [-0.2, 0) is 14.4 Å². The summed E-state index contributed by atoms with van der Waals surface area (Å²) in [5, 5.41) is 29.7. The van der Waals surface area contributed by atoms with E-state index in [1.54, 1.807) is 0 Å². The molecule has 2 aromatic rings. The number of nitrogens with zero attached hydrogens (tertiary/aromatic N) is 1. The van der Waals surface area contributed by atoms with Gasteiger partial charge in [-0.2, -0.15) is 0 Å². The van der Waals surface area contributed by atoms with Gasteiger partial charge >= 0.3 is 5.97 Å². The highest BCUT2D eigenvalue weighted by atomic mass is 16.7. The number of hydroxylamine groups is 2. The van der Waals surface area contributed by atoms with E-state index in [2.05, 4.69) is 0 Å². The van der Waals surface area contributed by atoms with Crippen LogP contribution < -0.4 is 0 Å². The molecule has 1 fully saturated rings. The lowest BCUT2D eigenvalue weighted by Crippen LogP contribution is -2.32. The maximum atomic E-state index is 12.4. The van der Waals surface area contributed by atoms with E-state index >= 15 is 0 Å². The third-order valence-electron chi connectivity index (χ3n) is 3.64.